The van der Waals surface area contributed by atoms with Gasteiger partial charge in [0.05, 0.1) is 13.5 Å². The number of benzene rings is 2. The van der Waals surface area contributed by atoms with E-state index in [0.717, 1.165) is 5.56 Å². The van der Waals surface area contributed by atoms with Gasteiger partial charge in [0.2, 0.25) is 0 Å². The van der Waals surface area contributed by atoms with Gasteiger partial charge in [-0.1, -0.05) is 30.3 Å². The highest BCUT2D eigenvalue weighted by atomic mass is 16.5. The zero-order valence-electron chi connectivity index (χ0n) is 15.0. The number of aromatic nitrogens is 1. The maximum atomic E-state index is 12.4. The molecule has 0 bridgehead atoms. The zero-order chi connectivity index (χ0) is 19.1. The molecule has 3 aromatic rings. The number of ether oxygens (including phenoxy) is 1. The van der Waals surface area contributed by atoms with Crippen molar-refractivity contribution in [2.24, 2.45) is 0 Å². The van der Waals surface area contributed by atoms with Crippen molar-refractivity contribution in [3.05, 3.63) is 95.3 Å². The van der Waals surface area contributed by atoms with Crippen LogP contribution in [0.4, 0.5) is 0 Å². The molecule has 0 saturated heterocycles. The molecule has 0 saturated carbocycles. The van der Waals surface area contributed by atoms with Crippen LogP contribution >= 0.6 is 0 Å². The summed E-state index contributed by atoms with van der Waals surface area (Å²) in [6.45, 7) is 0.447. The van der Waals surface area contributed by atoms with E-state index in [1.165, 1.54) is 0 Å². The lowest BCUT2D eigenvalue weighted by atomic mass is 10.0. The second kappa shape index (κ2) is 8.76. The number of Topliss-reactive ketones (excluding diaryl/α,β-unsaturated/α-hetero) is 1. The molecule has 0 atom stereocenters. The van der Waals surface area contributed by atoms with E-state index in [4.69, 9.17) is 4.74 Å². The van der Waals surface area contributed by atoms with Gasteiger partial charge in [0.15, 0.2) is 5.78 Å². The van der Waals surface area contributed by atoms with Crippen LogP contribution in [0.3, 0.4) is 0 Å². The first kappa shape index (κ1) is 18.3. The Hall–Kier alpha value is -3.47. The second-order valence-electron chi connectivity index (χ2n) is 6.03. The summed E-state index contributed by atoms with van der Waals surface area (Å²) >= 11 is 0. The molecule has 0 aliphatic heterocycles. The number of nitrogens with zero attached hydrogens (tertiary/aromatic N) is 1. The number of carbonyl (C=O) groups is 2. The third-order valence-electron chi connectivity index (χ3n) is 4.13. The molecule has 1 N–H and O–H groups in total. The minimum atomic E-state index is -0.195. The average molecular weight is 360 g/mol. The van der Waals surface area contributed by atoms with E-state index in [1.807, 2.05) is 30.3 Å². The quantitative estimate of drug-likeness (QED) is 0.655. The van der Waals surface area contributed by atoms with Crippen LogP contribution < -0.4 is 10.1 Å². The maximum Gasteiger partial charge on any atom is 0.251 e. The topological polar surface area (TPSA) is 68.3 Å². The van der Waals surface area contributed by atoms with Gasteiger partial charge >= 0.3 is 0 Å². The minimum Gasteiger partial charge on any atom is -0.497 e. The van der Waals surface area contributed by atoms with Crippen LogP contribution in [0.5, 0.6) is 5.75 Å². The lowest BCUT2D eigenvalue weighted by Gasteiger charge is -2.07. The summed E-state index contributed by atoms with van der Waals surface area (Å²) in [5.41, 5.74) is 2.65. The Morgan fingerprint density at radius 3 is 2.41 bits per heavy atom. The largest absolute Gasteiger partial charge is 0.497 e. The van der Waals surface area contributed by atoms with E-state index >= 15 is 0 Å². The van der Waals surface area contributed by atoms with Crippen molar-refractivity contribution in [2.75, 3.05) is 7.11 Å². The van der Waals surface area contributed by atoms with Crippen LogP contribution in [0.15, 0.2) is 72.9 Å². The summed E-state index contributed by atoms with van der Waals surface area (Å²) in [6.07, 6.45) is 1.68. The van der Waals surface area contributed by atoms with Crippen molar-refractivity contribution < 1.29 is 14.3 Å². The summed E-state index contributed by atoms with van der Waals surface area (Å²) in [5, 5.41) is 2.87. The molecule has 136 valence electrons. The standard InChI is InChI=1S/C22H20N2O3/c1-27-20-9-7-17(8-10-20)21(25)14-19-13-18(11-12-23-19)22(26)24-15-16-5-3-2-4-6-16/h2-13H,14-15H2,1H3,(H,24,26). The highest BCUT2D eigenvalue weighted by molar-refractivity contribution is 5.98. The molecule has 5 heteroatoms. The molecule has 0 unspecified atom stereocenters. The number of carbonyl (C=O) groups excluding carboxylic acids is 2. The Morgan fingerprint density at radius 1 is 0.963 bits per heavy atom. The van der Waals surface area contributed by atoms with E-state index in [-0.39, 0.29) is 18.1 Å². The van der Waals surface area contributed by atoms with E-state index in [1.54, 1.807) is 49.7 Å². The first-order valence-electron chi connectivity index (χ1n) is 8.60. The Balaban J connectivity index is 1.63. The first-order chi connectivity index (χ1) is 13.2. The van der Waals surface area contributed by atoms with Gasteiger partial charge in [-0.05, 0) is 42.0 Å². The fraction of sp³-hybridized carbons (Fsp3) is 0.136. The van der Waals surface area contributed by atoms with Crippen LogP contribution in [0.25, 0.3) is 0 Å². The van der Waals surface area contributed by atoms with Gasteiger partial charge in [0, 0.05) is 29.6 Å². The molecule has 0 radical (unpaired) electrons. The lowest BCUT2D eigenvalue weighted by molar-refractivity contribution is 0.0947. The average Bonchev–Trinajstić information content (AvgIpc) is 2.73. The number of rotatable bonds is 7. The van der Waals surface area contributed by atoms with Crippen LogP contribution in [0.1, 0.15) is 32.0 Å². The molecule has 1 amide bonds. The summed E-state index contributed by atoms with van der Waals surface area (Å²) in [6, 6.07) is 19.9. The van der Waals surface area contributed by atoms with Gasteiger partial charge in [0.25, 0.3) is 5.91 Å². The number of nitrogens with one attached hydrogen (secondary N) is 1. The molecular weight excluding hydrogens is 340 g/mol. The fourth-order valence-corrected chi connectivity index (χ4v) is 2.64. The maximum absolute atomic E-state index is 12.4. The monoisotopic (exact) mass is 360 g/mol. The summed E-state index contributed by atoms with van der Waals surface area (Å²) in [7, 11) is 1.58. The van der Waals surface area contributed by atoms with E-state index < -0.39 is 0 Å². The van der Waals surface area contributed by atoms with Gasteiger partial charge < -0.3 is 10.1 Å². The molecule has 0 aliphatic rings. The fourth-order valence-electron chi connectivity index (χ4n) is 2.64. The summed E-state index contributed by atoms with van der Waals surface area (Å²) < 4.78 is 5.10. The highest BCUT2D eigenvalue weighted by Gasteiger charge is 2.11. The number of methoxy groups -OCH3 is 1. The number of hydrogen-bond donors (Lipinski definition) is 1. The Morgan fingerprint density at radius 2 is 1.70 bits per heavy atom. The van der Waals surface area contributed by atoms with Gasteiger partial charge in [-0.25, -0.2) is 0 Å². The molecule has 0 spiro atoms. The van der Waals surface area contributed by atoms with E-state index in [2.05, 4.69) is 10.3 Å². The lowest BCUT2D eigenvalue weighted by Crippen LogP contribution is -2.23. The summed E-state index contributed by atoms with van der Waals surface area (Å²) in [5.74, 6) is 0.438. The normalized spacial score (nSPS) is 10.3. The smallest absolute Gasteiger partial charge is 0.251 e. The van der Waals surface area contributed by atoms with Crippen LogP contribution in [-0.4, -0.2) is 23.8 Å². The van der Waals surface area contributed by atoms with Crippen LogP contribution in [0, 0.1) is 0 Å². The molecule has 27 heavy (non-hydrogen) atoms. The molecule has 3 rings (SSSR count). The predicted octanol–water partition coefficient (Wildman–Crippen LogP) is 3.45. The van der Waals surface area contributed by atoms with E-state index in [9.17, 15) is 9.59 Å². The Labute approximate surface area is 158 Å². The molecule has 1 aromatic heterocycles. The number of hydrogen-bond acceptors (Lipinski definition) is 4. The molecule has 0 fully saturated rings. The SMILES string of the molecule is COc1ccc(C(=O)Cc2cc(C(=O)NCc3ccccc3)ccn2)cc1. The van der Waals surface area contributed by atoms with Gasteiger partial charge in [-0.15, -0.1) is 0 Å². The second-order valence-corrected chi connectivity index (χ2v) is 6.03. The van der Waals surface area contributed by atoms with Crippen molar-refractivity contribution in [3.8, 4) is 5.75 Å². The van der Waals surface area contributed by atoms with Gasteiger partial charge in [0.1, 0.15) is 5.75 Å². The van der Waals surface area contributed by atoms with Crippen molar-refractivity contribution in [1.82, 2.24) is 10.3 Å². The Bertz CT molecular complexity index is 922. The Kier molecular flexibility index (Phi) is 5.94. The van der Waals surface area contributed by atoms with Crippen LogP contribution in [-0.2, 0) is 13.0 Å². The van der Waals surface area contributed by atoms with Crippen molar-refractivity contribution in [1.29, 1.82) is 0 Å². The number of ketones is 1. The van der Waals surface area contributed by atoms with Gasteiger partial charge in [-0.3, -0.25) is 14.6 Å². The number of pyridine rings is 1. The van der Waals surface area contributed by atoms with Gasteiger partial charge in [-0.2, -0.15) is 0 Å². The predicted molar refractivity (Wildman–Crippen MR) is 103 cm³/mol. The summed E-state index contributed by atoms with van der Waals surface area (Å²) in [4.78, 5) is 29.0. The van der Waals surface area contributed by atoms with Crippen molar-refractivity contribution >= 4 is 11.7 Å². The van der Waals surface area contributed by atoms with Crippen molar-refractivity contribution in [3.63, 3.8) is 0 Å². The molecule has 1 heterocycles. The van der Waals surface area contributed by atoms with Crippen LogP contribution in [0.2, 0.25) is 0 Å². The third kappa shape index (κ3) is 5.01. The van der Waals surface area contributed by atoms with Crippen molar-refractivity contribution in [2.45, 2.75) is 13.0 Å². The number of amides is 1. The first-order valence-corrected chi connectivity index (χ1v) is 8.60. The molecule has 0 aliphatic carbocycles. The van der Waals surface area contributed by atoms with E-state index in [0.29, 0.717) is 29.1 Å². The molecule has 2 aromatic carbocycles. The minimum absolute atomic E-state index is 0.0630. The zero-order valence-corrected chi connectivity index (χ0v) is 15.0. The highest BCUT2D eigenvalue weighted by Crippen LogP contribution is 2.13. The molecular formula is C22H20N2O3. The molecule has 5 nitrogen and oxygen atoms in total. The third-order valence-corrected chi connectivity index (χ3v) is 4.13.